The molecule has 1 rings (SSSR count). The average Bonchev–Trinajstić information content (AvgIpc) is 2.24. The Morgan fingerprint density at radius 3 is 2.47 bits per heavy atom. The van der Waals surface area contributed by atoms with Crippen LogP contribution in [0.3, 0.4) is 0 Å². The minimum Gasteiger partial charge on any atom is -0.362 e. The van der Waals surface area contributed by atoms with Crippen molar-refractivity contribution in [1.82, 2.24) is 0 Å². The quantitative estimate of drug-likeness (QED) is 0.766. The maximum Gasteiger partial charge on any atom is 0.405 e. The van der Waals surface area contributed by atoms with Crippen LogP contribution in [0.25, 0.3) is 0 Å². The molecule has 1 aromatic rings. The Labute approximate surface area is 96.1 Å². The maximum absolute atomic E-state index is 13.2. The van der Waals surface area contributed by atoms with Gasteiger partial charge in [-0.15, -0.1) is 0 Å². The molecule has 0 spiro atoms. The fourth-order valence-electron chi connectivity index (χ4n) is 1.47. The van der Waals surface area contributed by atoms with Crippen molar-refractivity contribution in [3.8, 4) is 6.07 Å². The molecule has 0 amide bonds. The summed E-state index contributed by atoms with van der Waals surface area (Å²) in [5.41, 5.74) is -0.397. The lowest BCUT2D eigenvalue weighted by atomic mass is 10.1. The Balaban J connectivity index is 3.13. The van der Waals surface area contributed by atoms with Crippen LogP contribution in [0.2, 0.25) is 0 Å². The first kappa shape index (κ1) is 13.3. The molecule has 17 heavy (non-hydrogen) atoms. The third-order valence-corrected chi connectivity index (χ3v) is 2.20. The molecule has 0 aromatic heterocycles. The predicted molar refractivity (Wildman–Crippen MR) is 55.1 cm³/mol. The van der Waals surface area contributed by atoms with Gasteiger partial charge < -0.3 is 4.90 Å². The molecule has 0 radical (unpaired) electrons. The van der Waals surface area contributed by atoms with Gasteiger partial charge in [-0.05, 0) is 19.1 Å². The Morgan fingerprint density at radius 1 is 1.35 bits per heavy atom. The van der Waals surface area contributed by atoms with Gasteiger partial charge in [0, 0.05) is 6.54 Å². The van der Waals surface area contributed by atoms with Crippen LogP contribution >= 0.6 is 0 Å². The van der Waals surface area contributed by atoms with Gasteiger partial charge in [0.1, 0.15) is 24.0 Å². The molecule has 0 saturated carbocycles. The molecule has 0 atom stereocenters. The van der Waals surface area contributed by atoms with E-state index in [0.717, 1.165) is 11.0 Å². The maximum atomic E-state index is 13.2. The number of alkyl halides is 3. The van der Waals surface area contributed by atoms with Crippen LogP contribution in [0.4, 0.5) is 23.2 Å². The number of halogens is 4. The molecule has 0 aliphatic carbocycles. The van der Waals surface area contributed by atoms with Gasteiger partial charge in [0.05, 0.1) is 5.69 Å². The van der Waals surface area contributed by atoms with Gasteiger partial charge in [-0.3, -0.25) is 0 Å². The molecule has 0 fully saturated rings. The largest absolute Gasteiger partial charge is 0.405 e. The van der Waals surface area contributed by atoms with E-state index >= 15 is 0 Å². The number of hydrogen-bond donors (Lipinski definition) is 0. The summed E-state index contributed by atoms with van der Waals surface area (Å²) in [6, 6.07) is 5.21. The molecular weight excluding hydrogens is 236 g/mol. The first-order chi connectivity index (χ1) is 7.89. The minimum atomic E-state index is -4.39. The summed E-state index contributed by atoms with van der Waals surface area (Å²) in [4.78, 5) is 0.918. The number of hydrogen-bond acceptors (Lipinski definition) is 2. The van der Waals surface area contributed by atoms with Gasteiger partial charge in [0.15, 0.2) is 0 Å². The van der Waals surface area contributed by atoms with Crippen LogP contribution < -0.4 is 4.90 Å². The van der Waals surface area contributed by atoms with Crippen molar-refractivity contribution in [1.29, 1.82) is 5.26 Å². The van der Waals surface area contributed by atoms with Gasteiger partial charge in [-0.2, -0.15) is 18.4 Å². The molecule has 0 aliphatic heterocycles. The fourth-order valence-corrected chi connectivity index (χ4v) is 1.47. The monoisotopic (exact) mass is 246 g/mol. The van der Waals surface area contributed by atoms with Gasteiger partial charge in [-0.1, -0.05) is 6.07 Å². The molecule has 92 valence electrons. The summed E-state index contributed by atoms with van der Waals surface area (Å²) in [7, 11) is 0. The molecule has 6 heteroatoms. The fraction of sp³-hybridized carbons (Fsp3) is 0.364. The summed E-state index contributed by atoms with van der Waals surface area (Å²) in [6.07, 6.45) is -4.39. The van der Waals surface area contributed by atoms with Gasteiger partial charge in [0.25, 0.3) is 0 Å². The molecular formula is C11H10F4N2. The number of nitriles is 1. The minimum absolute atomic E-state index is 0.0349. The molecule has 0 aliphatic rings. The Kier molecular flexibility index (Phi) is 3.94. The number of benzene rings is 1. The van der Waals surface area contributed by atoms with Crippen LogP contribution in [0.15, 0.2) is 18.2 Å². The highest BCUT2D eigenvalue weighted by atomic mass is 19.4. The van der Waals surface area contributed by atoms with Crippen LogP contribution in [-0.4, -0.2) is 19.3 Å². The third-order valence-electron chi connectivity index (χ3n) is 2.20. The summed E-state index contributed by atoms with van der Waals surface area (Å²) < 4.78 is 50.1. The van der Waals surface area contributed by atoms with Gasteiger partial charge in [0.2, 0.25) is 0 Å². The van der Waals surface area contributed by atoms with Crippen molar-refractivity contribution in [3.63, 3.8) is 0 Å². The van der Waals surface area contributed by atoms with Crippen LogP contribution in [0.5, 0.6) is 0 Å². The van der Waals surface area contributed by atoms with E-state index in [2.05, 4.69) is 0 Å². The Morgan fingerprint density at radius 2 is 2.00 bits per heavy atom. The molecule has 0 bridgehead atoms. The summed E-state index contributed by atoms with van der Waals surface area (Å²) >= 11 is 0. The highest BCUT2D eigenvalue weighted by Crippen LogP contribution is 2.26. The highest BCUT2D eigenvalue weighted by molar-refractivity contribution is 5.59. The zero-order chi connectivity index (χ0) is 13.1. The van der Waals surface area contributed by atoms with E-state index in [9.17, 15) is 17.6 Å². The summed E-state index contributed by atoms with van der Waals surface area (Å²) in [5.74, 6) is -0.814. The van der Waals surface area contributed by atoms with Crippen LogP contribution in [-0.2, 0) is 0 Å². The van der Waals surface area contributed by atoms with E-state index in [0.29, 0.717) is 0 Å². The SMILES string of the molecule is CCN(CC(F)(F)F)c1cccc(F)c1C#N. The van der Waals surface area contributed by atoms with Gasteiger partial charge >= 0.3 is 6.18 Å². The average molecular weight is 246 g/mol. The van der Waals surface area contributed by atoms with E-state index in [4.69, 9.17) is 5.26 Å². The summed E-state index contributed by atoms with van der Waals surface area (Å²) in [5, 5.41) is 8.74. The second kappa shape index (κ2) is 5.04. The van der Waals surface area contributed by atoms with Crippen molar-refractivity contribution < 1.29 is 17.6 Å². The zero-order valence-electron chi connectivity index (χ0n) is 9.05. The van der Waals surface area contributed by atoms with E-state index < -0.39 is 18.5 Å². The molecule has 2 nitrogen and oxygen atoms in total. The number of rotatable bonds is 3. The van der Waals surface area contributed by atoms with E-state index in [1.165, 1.54) is 19.1 Å². The summed E-state index contributed by atoms with van der Waals surface area (Å²) in [6.45, 7) is 0.344. The smallest absolute Gasteiger partial charge is 0.362 e. The highest BCUT2D eigenvalue weighted by Gasteiger charge is 2.31. The van der Waals surface area contributed by atoms with Gasteiger partial charge in [-0.25, -0.2) is 4.39 Å². The normalized spacial score (nSPS) is 11.1. The lowest BCUT2D eigenvalue weighted by Gasteiger charge is -2.25. The van der Waals surface area contributed by atoms with Crippen LogP contribution in [0.1, 0.15) is 12.5 Å². The number of anilines is 1. The Bertz CT molecular complexity index is 434. The third kappa shape index (κ3) is 3.34. The van der Waals surface area contributed by atoms with Crippen molar-refractivity contribution in [2.24, 2.45) is 0 Å². The molecule has 0 N–H and O–H groups in total. The topological polar surface area (TPSA) is 27.0 Å². The van der Waals surface area contributed by atoms with E-state index in [1.54, 1.807) is 6.07 Å². The number of nitrogens with zero attached hydrogens (tertiary/aromatic N) is 2. The Hall–Kier alpha value is -1.77. The molecule has 0 unspecified atom stereocenters. The molecule has 0 heterocycles. The zero-order valence-corrected chi connectivity index (χ0v) is 9.05. The molecule has 0 saturated heterocycles. The van der Waals surface area contributed by atoms with Crippen molar-refractivity contribution in [2.45, 2.75) is 13.1 Å². The second-order valence-corrected chi connectivity index (χ2v) is 3.38. The predicted octanol–water partition coefficient (Wildman–Crippen LogP) is 3.09. The van der Waals surface area contributed by atoms with Crippen LogP contribution in [0, 0.1) is 17.1 Å². The standard InChI is InChI=1S/C11H10F4N2/c1-2-17(7-11(13,14)15)10-5-3-4-9(12)8(10)6-16/h3-5H,2,7H2,1H3. The van der Waals surface area contributed by atoms with Crippen molar-refractivity contribution in [2.75, 3.05) is 18.0 Å². The lowest BCUT2D eigenvalue weighted by Crippen LogP contribution is -2.34. The first-order valence-corrected chi connectivity index (χ1v) is 4.89. The van der Waals surface area contributed by atoms with E-state index in [-0.39, 0.29) is 17.8 Å². The molecule has 1 aromatic carbocycles. The van der Waals surface area contributed by atoms with E-state index in [1.807, 2.05) is 0 Å². The first-order valence-electron chi connectivity index (χ1n) is 4.89. The van der Waals surface area contributed by atoms with Crippen molar-refractivity contribution in [3.05, 3.63) is 29.6 Å². The lowest BCUT2D eigenvalue weighted by molar-refractivity contribution is -0.119. The second-order valence-electron chi connectivity index (χ2n) is 3.38. The van der Waals surface area contributed by atoms with Crippen molar-refractivity contribution >= 4 is 5.69 Å².